The van der Waals surface area contributed by atoms with Crippen molar-refractivity contribution in [2.45, 2.75) is 19.0 Å². The first-order valence-corrected chi connectivity index (χ1v) is 28.3. The van der Waals surface area contributed by atoms with Gasteiger partial charge >= 0.3 is 18.1 Å². The minimum Gasteiger partial charge on any atom is -0.465 e. The van der Waals surface area contributed by atoms with Crippen LogP contribution in [0, 0.1) is 40.7 Å². The number of furan rings is 3. The van der Waals surface area contributed by atoms with E-state index in [1.807, 2.05) is 0 Å². The lowest BCUT2D eigenvalue weighted by Crippen LogP contribution is -2.18. The number of fused-ring (bicyclic) bond motifs is 3. The number of alkyl halides is 3. The molecular weight excluding hydrogens is 1350 g/mol. The van der Waals surface area contributed by atoms with E-state index in [9.17, 15) is 67.9 Å². The highest BCUT2D eigenvalue weighted by molar-refractivity contribution is 9.10. The molecule has 16 nitrogen and oxygen atoms in total. The molecule has 0 saturated heterocycles. The molecule has 0 saturated carbocycles. The Morgan fingerprint density at radius 1 is 0.484 bits per heavy atom. The standard InChI is InChI=1S/C26H18F6N2O4.C23H14ClF3N2O4.C15H9BrClFN2O2/c1-33-23(35)20-16-11-15(13-9-17(25(36)37-2)21(29)18(28)10-13)19(7-8-26(30,31)32)34-24(16)38-22(20)12-3-5-14(27)6-4-12;1-28-21(30)17-14-9-13(11-7-15(23(31)32-2)18(27)16(26)8-11)20(24)29-22(14)33-19(17)10-3-5-12(25)6-4-10;1-19-14(21)11-9-6-10(16)13(17)20-15(9)22-12(11)7-2-4-8(18)5-3-7/h3-6,9-11H,7-8H2,1-2H3,(H,33,35);3-9H,1-2H3,(H,28,30);2-6H,1H3,(H,19,21). The molecule has 93 heavy (non-hydrogen) atoms. The second kappa shape index (κ2) is 27.8. The van der Waals surface area contributed by atoms with Gasteiger partial charge in [-0.2, -0.15) is 18.2 Å². The number of carbonyl (C=O) groups excluding carboxylic acids is 5. The first kappa shape index (κ1) is 67.3. The summed E-state index contributed by atoms with van der Waals surface area (Å²) in [5, 5.41) is 8.36. The highest BCUT2D eigenvalue weighted by Crippen LogP contribution is 2.42. The summed E-state index contributed by atoms with van der Waals surface area (Å²) in [5.41, 5.74) is -0.113. The van der Waals surface area contributed by atoms with Crippen molar-refractivity contribution in [2.75, 3.05) is 35.4 Å². The Morgan fingerprint density at radius 2 is 0.828 bits per heavy atom. The highest BCUT2D eigenvalue weighted by atomic mass is 79.9. The van der Waals surface area contributed by atoms with Crippen LogP contribution in [0.5, 0.6) is 0 Å². The summed E-state index contributed by atoms with van der Waals surface area (Å²) in [5.74, 6) is -10.4. The number of amides is 3. The Labute approximate surface area is 535 Å². The number of halogens is 13. The molecule has 6 heterocycles. The van der Waals surface area contributed by atoms with Crippen LogP contribution in [-0.2, 0) is 15.9 Å². The molecule has 6 aromatic heterocycles. The van der Waals surface area contributed by atoms with Gasteiger partial charge in [0.25, 0.3) is 17.7 Å². The normalized spacial score (nSPS) is 11.2. The minimum absolute atomic E-state index is 0.00236. The van der Waals surface area contributed by atoms with Crippen LogP contribution >= 0.6 is 39.1 Å². The lowest BCUT2D eigenvalue weighted by atomic mass is 9.96. The summed E-state index contributed by atoms with van der Waals surface area (Å²) in [7, 11) is 6.25. The molecule has 0 aliphatic rings. The fourth-order valence-corrected chi connectivity index (χ4v) is 10.1. The molecule has 3 N–H and O–H groups in total. The van der Waals surface area contributed by atoms with Gasteiger partial charge in [0.2, 0.25) is 17.1 Å². The maximum atomic E-state index is 14.5. The summed E-state index contributed by atoms with van der Waals surface area (Å²) in [6.07, 6.45) is -6.56. The number of methoxy groups -OCH3 is 2. The number of nitrogens with one attached hydrogen (secondary N) is 3. The number of aryl methyl sites for hydroxylation is 1. The lowest BCUT2D eigenvalue weighted by Gasteiger charge is -2.13. The number of aromatic nitrogens is 3. The molecule has 0 aliphatic carbocycles. The summed E-state index contributed by atoms with van der Waals surface area (Å²) in [6.45, 7) is 0. The van der Waals surface area contributed by atoms with Crippen molar-refractivity contribution in [2.24, 2.45) is 0 Å². The number of pyridine rings is 3. The molecule has 0 fully saturated rings. The molecule has 0 atom stereocenters. The summed E-state index contributed by atoms with van der Waals surface area (Å²) in [4.78, 5) is 74.1. The van der Waals surface area contributed by atoms with Crippen molar-refractivity contribution in [1.29, 1.82) is 0 Å². The monoisotopic (exact) mass is 1390 g/mol. The molecule has 0 bridgehead atoms. The van der Waals surface area contributed by atoms with Crippen LogP contribution in [0.1, 0.15) is 63.9 Å². The van der Waals surface area contributed by atoms with Gasteiger partial charge in [0.15, 0.2) is 23.3 Å². The van der Waals surface area contributed by atoms with Crippen LogP contribution in [0.3, 0.4) is 0 Å². The van der Waals surface area contributed by atoms with Crippen LogP contribution in [0.4, 0.5) is 43.9 Å². The van der Waals surface area contributed by atoms with Crippen LogP contribution in [-0.4, -0.2) is 86.2 Å². The fraction of sp³-hybridized carbons (Fsp3) is 0.125. The molecule has 11 aromatic rings. The maximum absolute atomic E-state index is 14.5. The highest BCUT2D eigenvalue weighted by Gasteiger charge is 2.32. The van der Waals surface area contributed by atoms with Crippen LogP contribution in [0.2, 0.25) is 10.3 Å². The Kier molecular flexibility index (Phi) is 20.1. The van der Waals surface area contributed by atoms with Gasteiger partial charge in [-0.05, 0) is 149 Å². The number of ether oxygens (including phenoxy) is 2. The number of carbonyl (C=O) groups is 5. The smallest absolute Gasteiger partial charge is 0.389 e. The predicted molar refractivity (Wildman–Crippen MR) is 324 cm³/mol. The van der Waals surface area contributed by atoms with Gasteiger partial charge in [-0.25, -0.2) is 50.3 Å². The van der Waals surface area contributed by atoms with Gasteiger partial charge in [0.1, 0.15) is 45.0 Å². The SMILES string of the molecule is CNC(=O)c1c(-c2ccc(F)cc2)oc2nc(CCC(F)(F)F)c(-c3cc(F)c(F)c(C(=O)OC)c3)cc12.CNC(=O)c1c(-c2ccc(F)cc2)oc2nc(Cl)c(-c3cc(F)c(F)c(C(=O)OC)c3)cc12.CNC(=O)c1c(-c2ccc(F)cc2)oc2nc(Cl)c(Br)cc12. The van der Waals surface area contributed by atoms with E-state index >= 15 is 0 Å². The van der Waals surface area contributed by atoms with Crippen molar-refractivity contribution in [3.63, 3.8) is 0 Å². The summed E-state index contributed by atoms with van der Waals surface area (Å²) >= 11 is 15.5. The predicted octanol–water partition coefficient (Wildman–Crippen LogP) is 16.0. The van der Waals surface area contributed by atoms with Crippen LogP contribution in [0.15, 0.2) is 133 Å². The Bertz CT molecular complexity index is 4780. The van der Waals surface area contributed by atoms with E-state index in [1.54, 1.807) is 6.07 Å². The first-order valence-electron chi connectivity index (χ1n) is 26.7. The van der Waals surface area contributed by atoms with Crippen molar-refractivity contribution >= 4 is 102 Å². The third kappa shape index (κ3) is 14.2. The van der Waals surface area contributed by atoms with Crippen molar-refractivity contribution in [3.8, 4) is 56.2 Å². The van der Waals surface area contributed by atoms with Crippen molar-refractivity contribution in [3.05, 3.63) is 204 Å². The lowest BCUT2D eigenvalue weighted by molar-refractivity contribution is -0.134. The quantitative estimate of drug-likeness (QED) is 0.0590. The van der Waals surface area contributed by atoms with Crippen LogP contribution in [0.25, 0.3) is 89.5 Å². The van der Waals surface area contributed by atoms with Gasteiger partial charge < -0.3 is 38.7 Å². The van der Waals surface area contributed by atoms with Crippen LogP contribution < -0.4 is 16.0 Å². The Balaban J connectivity index is 0.000000170. The molecule has 0 spiro atoms. The molecule has 478 valence electrons. The number of hydrogen-bond donors (Lipinski definition) is 3. The van der Waals surface area contributed by atoms with E-state index in [0.29, 0.717) is 38.4 Å². The number of esters is 2. The number of benzene rings is 5. The topological polar surface area (TPSA) is 218 Å². The molecule has 11 rings (SSSR count). The van der Waals surface area contributed by atoms with Crippen molar-refractivity contribution < 1.29 is 90.6 Å². The van der Waals surface area contributed by atoms with E-state index in [-0.39, 0.29) is 106 Å². The maximum Gasteiger partial charge on any atom is 0.389 e. The largest absolute Gasteiger partial charge is 0.465 e. The van der Waals surface area contributed by atoms with Gasteiger partial charge in [-0.1, -0.05) is 23.2 Å². The number of hydrogen-bond acceptors (Lipinski definition) is 13. The second-order valence-corrected chi connectivity index (χ2v) is 21.1. The summed E-state index contributed by atoms with van der Waals surface area (Å²) < 4.78 is 163. The second-order valence-electron chi connectivity index (χ2n) is 19.5. The number of rotatable bonds is 12. The fourth-order valence-electron chi connectivity index (χ4n) is 9.41. The van der Waals surface area contributed by atoms with E-state index in [2.05, 4.69) is 56.3 Å². The molecule has 29 heteroatoms. The van der Waals surface area contributed by atoms with E-state index < -0.39 is 88.8 Å². The zero-order chi connectivity index (χ0) is 67.5. The Hall–Kier alpha value is -10.1. The molecule has 0 aliphatic heterocycles. The average Bonchev–Trinajstić information content (AvgIpc) is 1.67. The first-order chi connectivity index (χ1) is 44.2. The Morgan fingerprint density at radius 3 is 1.19 bits per heavy atom. The van der Waals surface area contributed by atoms with Gasteiger partial charge in [-0.3, -0.25) is 14.4 Å². The van der Waals surface area contributed by atoms with Gasteiger partial charge in [0, 0.05) is 55.4 Å². The summed E-state index contributed by atoms with van der Waals surface area (Å²) in [6, 6.07) is 23.7. The van der Waals surface area contributed by atoms with Gasteiger partial charge in [-0.15, -0.1) is 0 Å². The van der Waals surface area contributed by atoms with E-state index in [0.717, 1.165) is 44.6 Å². The number of nitrogens with zero attached hydrogens (tertiary/aromatic N) is 3. The molecular formula is C64H41BrCl2F10N6O10. The zero-order valence-corrected chi connectivity index (χ0v) is 51.3. The minimum atomic E-state index is -4.57. The zero-order valence-electron chi connectivity index (χ0n) is 48.2. The molecule has 0 radical (unpaired) electrons. The van der Waals surface area contributed by atoms with Crippen molar-refractivity contribution in [1.82, 2.24) is 30.9 Å². The van der Waals surface area contributed by atoms with E-state index in [1.165, 1.54) is 93.9 Å². The third-order valence-electron chi connectivity index (χ3n) is 13.8. The molecule has 5 aromatic carbocycles. The third-order valence-corrected chi connectivity index (χ3v) is 15.2. The van der Waals surface area contributed by atoms with E-state index in [4.69, 9.17) is 36.5 Å². The molecule has 0 unspecified atom stereocenters. The average molecular weight is 1390 g/mol. The van der Waals surface area contributed by atoms with Gasteiger partial charge in [0.05, 0.1) is 68.4 Å². The molecule has 3 amide bonds.